The molecule has 11 heteroatoms. The summed E-state index contributed by atoms with van der Waals surface area (Å²) in [5, 5.41) is 5.12. The van der Waals surface area contributed by atoms with E-state index in [0.717, 1.165) is 0 Å². The van der Waals surface area contributed by atoms with Crippen molar-refractivity contribution in [3.05, 3.63) is 56.7 Å². The van der Waals surface area contributed by atoms with Crippen LogP contribution in [0.15, 0.2) is 16.9 Å². The number of H-pyrrole nitrogens is 1. The fraction of sp³-hybridized carbons (Fsp3) is 0.312. The van der Waals surface area contributed by atoms with E-state index in [2.05, 4.69) is 25.4 Å². The third-order valence-corrected chi connectivity index (χ3v) is 3.97. The van der Waals surface area contributed by atoms with E-state index in [4.69, 9.17) is 0 Å². The quantitative estimate of drug-likeness (QED) is 0.719. The average molecular weight is 380 g/mol. The lowest BCUT2D eigenvalue weighted by Crippen LogP contribution is -2.27. The molecule has 27 heavy (non-hydrogen) atoms. The van der Waals surface area contributed by atoms with Gasteiger partial charge in [0, 0.05) is 35.3 Å². The first-order chi connectivity index (χ1) is 12.6. The van der Waals surface area contributed by atoms with Gasteiger partial charge >= 0.3 is 6.18 Å². The number of aryl methyl sites for hydroxylation is 3. The summed E-state index contributed by atoms with van der Waals surface area (Å²) in [4.78, 5) is 34.6. The highest BCUT2D eigenvalue weighted by atomic mass is 19.4. The molecule has 3 heterocycles. The smallest absolute Gasteiger partial charge is 0.346 e. The maximum atomic E-state index is 12.8. The van der Waals surface area contributed by atoms with E-state index in [1.165, 1.54) is 23.6 Å². The number of amides is 1. The van der Waals surface area contributed by atoms with Gasteiger partial charge in [-0.05, 0) is 26.8 Å². The summed E-state index contributed by atoms with van der Waals surface area (Å²) in [5.41, 5.74) is 1.63. The van der Waals surface area contributed by atoms with Crippen LogP contribution < -0.4 is 10.9 Å². The van der Waals surface area contributed by atoms with Gasteiger partial charge in [-0.25, -0.2) is 19.5 Å². The monoisotopic (exact) mass is 380 g/mol. The minimum atomic E-state index is -4.75. The summed E-state index contributed by atoms with van der Waals surface area (Å²) in [7, 11) is 0. The molecule has 0 saturated heterocycles. The molecule has 0 atom stereocenters. The van der Waals surface area contributed by atoms with Gasteiger partial charge in [0.15, 0.2) is 5.65 Å². The number of aromatic amines is 1. The van der Waals surface area contributed by atoms with Gasteiger partial charge in [-0.3, -0.25) is 14.7 Å². The number of carbonyl (C=O) groups is 1. The number of halogens is 3. The summed E-state index contributed by atoms with van der Waals surface area (Å²) in [6, 6.07) is 2.51. The van der Waals surface area contributed by atoms with Gasteiger partial charge in [0.1, 0.15) is 5.69 Å². The summed E-state index contributed by atoms with van der Waals surface area (Å²) in [6.45, 7) is 4.80. The van der Waals surface area contributed by atoms with Gasteiger partial charge in [-0.1, -0.05) is 0 Å². The number of carbonyl (C=O) groups excluding carboxylic acids is 1. The molecule has 0 aliphatic carbocycles. The largest absolute Gasteiger partial charge is 0.451 e. The van der Waals surface area contributed by atoms with E-state index >= 15 is 0 Å². The Balaban J connectivity index is 1.87. The van der Waals surface area contributed by atoms with E-state index in [9.17, 15) is 22.8 Å². The molecular formula is C16H15F3N6O2. The van der Waals surface area contributed by atoms with Crippen molar-refractivity contribution in [3.8, 4) is 0 Å². The molecule has 142 valence electrons. The maximum absolute atomic E-state index is 12.8. The Morgan fingerprint density at radius 2 is 1.89 bits per heavy atom. The van der Waals surface area contributed by atoms with Crippen molar-refractivity contribution in [3.63, 3.8) is 0 Å². The maximum Gasteiger partial charge on any atom is 0.451 e. The fourth-order valence-electron chi connectivity index (χ4n) is 2.68. The highest BCUT2D eigenvalue weighted by Gasteiger charge is 2.35. The molecule has 0 aromatic carbocycles. The van der Waals surface area contributed by atoms with Crippen LogP contribution in [0.2, 0.25) is 0 Å². The SMILES string of the molecule is Cc1cc(C(=O)NCc2c(C)nc3cc(=O)[nH]n3c2C)nc(C(F)(F)F)n1. The van der Waals surface area contributed by atoms with Gasteiger partial charge in [0.25, 0.3) is 11.5 Å². The zero-order chi connectivity index (χ0) is 19.9. The van der Waals surface area contributed by atoms with Gasteiger partial charge in [0.2, 0.25) is 5.82 Å². The van der Waals surface area contributed by atoms with E-state index in [-0.39, 0.29) is 23.5 Å². The summed E-state index contributed by atoms with van der Waals surface area (Å²) in [5.74, 6) is -2.14. The Bertz CT molecular complexity index is 1100. The van der Waals surface area contributed by atoms with Crippen LogP contribution in [0.3, 0.4) is 0 Å². The summed E-state index contributed by atoms with van der Waals surface area (Å²) < 4.78 is 39.9. The lowest BCUT2D eigenvalue weighted by molar-refractivity contribution is -0.145. The van der Waals surface area contributed by atoms with Crippen molar-refractivity contribution >= 4 is 11.6 Å². The van der Waals surface area contributed by atoms with Crippen LogP contribution in [0.25, 0.3) is 5.65 Å². The number of alkyl halides is 3. The lowest BCUT2D eigenvalue weighted by atomic mass is 10.1. The number of nitrogens with one attached hydrogen (secondary N) is 2. The molecule has 2 N–H and O–H groups in total. The van der Waals surface area contributed by atoms with Gasteiger partial charge < -0.3 is 5.32 Å². The molecule has 8 nitrogen and oxygen atoms in total. The number of hydrogen-bond donors (Lipinski definition) is 2. The average Bonchev–Trinajstić information content (AvgIpc) is 2.93. The zero-order valence-corrected chi connectivity index (χ0v) is 14.6. The van der Waals surface area contributed by atoms with Crippen molar-refractivity contribution in [2.75, 3.05) is 0 Å². The van der Waals surface area contributed by atoms with E-state index in [0.29, 0.717) is 22.6 Å². The molecule has 0 unspecified atom stereocenters. The lowest BCUT2D eigenvalue weighted by Gasteiger charge is -2.13. The molecule has 0 fully saturated rings. The predicted molar refractivity (Wildman–Crippen MR) is 88.2 cm³/mol. The van der Waals surface area contributed by atoms with E-state index in [1.54, 1.807) is 13.8 Å². The minimum absolute atomic E-state index is 0.00402. The minimum Gasteiger partial charge on any atom is -0.346 e. The second-order valence-corrected chi connectivity index (χ2v) is 5.97. The van der Waals surface area contributed by atoms with E-state index in [1.807, 2.05) is 0 Å². The molecule has 3 aromatic rings. The molecule has 0 saturated carbocycles. The molecule has 3 rings (SSSR count). The van der Waals surface area contributed by atoms with Gasteiger partial charge in [0.05, 0.1) is 0 Å². The van der Waals surface area contributed by atoms with Crippen LogP contribution in [-0.2, 0) is 12.7 Å². The van der Waals surface area contributed by atoms with Crippen molar-refractivity contribution in [1.82, 2.24) is 29.9 Å². The first kappa shape index (κ1) is 18.5. The summed E-state index contributed by atoms with van der Waals surface area (Å²) in [6.07, 6.45) is -4.75. The molecule has 0 radical (unpaired) electrons. The molecule has 0 spiro atoms. The van der Waals surface area contributed by atoms with Crippen molar-refractivity contribution in [2.24, 2.45) is 0 Å². The Labute approximate surface area is 150 Å². The predicted octanol–water partition coefficient (Wildman–Crippen LogP) is 1.69. The third kappa shape index (κ3) is 3.66. The van der Waals surface area contributed by atoms with Crippen molar-refractivity contribution in [2.45, 2.75) is 33.5 Å². The van der Waals surface area contributed by atoms with Crippen LogP contribution in [0, 0.1) is 20.8 Å². The van der Waals surface area contributed by atoms with Crippen LogP contribution in [0.4, 0.5) is 13.2 Å². The highest BCUT2D eigenvalue weighted by Crippen LogP contribution is 2.26. The number of nitrogens with zero attached hydrogens (tertiary/aromatic N) is 4. The van der Waals surface area contributed by atoms with Crippen LogP contribution >= 0.6 is 0 Å². The molecule has 0 bridgehead atoms. The van der Waals surface area contributed by atoms with Crippen LogP contribution in [0.5, 0.6) is 0 Å². The number of rotatable bonds is 3. The van der Waals surface area contributed by atoms with Crippen LogP contribution in [0.1, 0.15) is 39.0 Å². The Morgan fingerprint density at radius 1 is 1.19 bits per heavy atom. The number of hydrogen-bond acceptors (Lipinski definition) is 5. The third-order valence-electron chi connectivity index (χ3n) is 3.97. The van der Waals surface area contributed by atoms with E-state index < -0.39 is 17.9 Å². The molecule has 3 aromatic heterocycles. The Morgan fingerprint density at radius 3 is 2.56 bits per heavy atom. The van der Waals surface area contributed by atoms with Crippen molar-refractivity contribution in [1.29, 1.82) is 0 Å². The second-order valence-electron chi connectivity index (χ2n) is 5.97. The normalized spacial score (nSPS) is 11.8. The molecular weight excluding hydrogens is 365 g/mol. The number of fused-ring (bicyclic) bond motifs is 1. The standard InChI is InChI=1S/C16H15F3N6O2/c1-7-4-11(23-15(21-7)16(17,18)19)14(27)20-6-10-8(2)22-12-5-13(26)24-25(12)9(10)3/h4-5H,6H2,1-3H3,(H,20,27)(H,24,26). The zero-order valence-electron chi connectivity index (χ0n) is 14.6. The first-order valence-corrected chi connectivity index (χ1v) is 7.85. The highest BCUT2D eigenvalue weighted by molar-refractivity contribution is 5.92. The Hall–Kier alpha value is -3.24. The Kier molecular flexibility index (Phi) is 4.46. The topological polar surface area (TPSA) is 105 Å². The molecule has 1 amide bonds. The van der Waals surface area contributed by atoms with Gasteiger partial charge in [-0.15, -0.1) is 0 Å². The van der Waals surface area contributed by atoms with Gasteiger partial charge in [-0.2, -0.15) is 13.2 Å². The second kappa shape index (κ2) is 6.49. The number of aromatic nitrogens is 5. The van der Waals surface area contributed by atoms with Crippen molar-refractivity contribution < 1.29 is 18.0 Å². The molecule has 0 aliphatic rings. The van der Waals surface area contributed by atoms with Crippen LogP contribution in [-0.4, -0.2) is 30.5 Å². The molecule has 0 aliphatic heterocycles. The fourth-order valence-corrected chi connectivity index (χ4v) is 2.68. The summed E-state index contributed by atoms with van der Waals surface area (Å²) >= 11 is 0. The first-order valence-electron chi connectivity index (χ1n) is 7.85.